The molecule has 0 unspecified atom stereocenters. The lowest BCUT2D eigenvalue weighted by atomic mass is 10.1. The van der Waals surface area contributed by atoms with E-state index in [1.807, 2.05) is 30.3 Å². The molecule has 2 aromatic rings. The van der Waals surface area contributed by atoms with Gasteiger partial charge in [0, 0.05) is 6.42 Å². The number of hydrogen-bond acceptors (Lipinski definition) is 5. The summed E-state index contributed by atoms with van der Waals surface area (Å²) in [6, 6.07) is 8.59. The first-order valence-electron chi connectivity index (χ1n) is 6.23. The molecule has 2 N–H and O–H groups in total. The van der Waals surface area contributed by atoms with E-state index in [1.54, 1.807) is 0 Å². The van der Waals surface area contributed by atoms with Crippen molar-refractivity contribution in [3.05, 3.63) is 47.6 Å². The Kier molecular flexibility index (Phi) is 4.92. The van der Waals surface area contributed by atoms with Crippen LogP contribution in [0.1, 0.15) is 23.3 Å². The maximum Gasteiger partial charge on any atom is 0.411 e. The molecule has 0 aliphatic rings. The zero-order chi connectivity index (χ0) is 15.3. The Bertz CT molecular complexity index is 557. The first-order valence-corrected chi connectivity index (χ1v) is 6.23. The molecule has 0 saturated heterocycles. The van der Waals surface area contributed by atoms with Gasteiger partial charge in [0.25, 0.3) is 0 Å². The third kappa shape index (κ3) is 4.83. The average Bonchev–Trinajstić information content (AvgIpc) is 2.91. The van der Waals surface area contributed by atoms with Crippen LogP contribution in [0.3, 0.4) is 0 Å². The fraction of sp³-hybridized carbons (Fsp3) is 0.385. The van der Waals surface area contributed by atoms with Crippen LogP contribution in [0.4, 0.5) is 13.2 Å². The molecule has 0 fully saturated rings. The summed E-state index contributed by atoms with van der Waals surface area (Å²) in [7, 11) is 0. The second-order valence-corrected chi connectivity index (χ2v) is 4.35. The monoisotopic (exact) mass is 301 g/mol. The van der Waals surface area contributed by atoms with Crippen molar-refractivity contribution in [3.63, 3.8) is 0 Å². The highest BCUT2D eigenvalue weighted by Gasteiger charge is 2.27. The highest BCUT2D eigenvalue weighted by Crippen LogP contribution is 2.18. The van der Waals surface area contributed by atoms with Gasteiger partial charge in [-0.25, -0.2) is 0 Å². The maximum absolute atomic E-state index is 11.9. The van der Waals surface area contributed by atoms with Gasteiger partial charge in [0.05, 0.1) is 6.61 Å². The van der Waals surface area contributed by atoms with E-state index >= 15 is 0 Å². The molecule has 0 saturated carbocycles. The summed E-state index contributed by atoms with van der Waals surface area (Å²) in [6.45, 7) is -1.43. The van der Waals surface area contributed by atoms with Crippen molar-refractivity contribution < 1.29 is 22.4 Å². The third-order valence-electron chi connectivity index (χ3n) is 2.64. The Morgan fingerprint density at radius 2 is 1.95 bits per heavy atom. The lowest BCUT2D eigenvalue weighted by Crippen LogP contribution is -2.18. The molecule has 2 rings (SSSR count). The number of alkyl halides is 3. The third-order valence-corrected chi connectivity index (χ3v) is 2.64. The Balaban J connectivity index is 1.87. The summed E-state index contributed by atoms with van der Waals surface area (Å²) in [5.74, 6) is 0.477. The van der Waals surface area contributed by atoms with Crippen LogP contribution in [0.15, 0.2) is 34.9 Å². The minimum Gasteiger partial charge on any atom is -0.372 e. The highest BCUT2D eigenvalue weighted by molar-refractivity contribution is 5.22. The van der Waals surface area contributed by atoms with Crippen LogP contribution < -0.4 is 5.73 Å². The van der Waals surface area contributed by atoms with Crippen LogP contribution in [-0.2, 0) is 11.2 Å². The molecule has 0 spiro atoms. The topological polar surface area (TPSA) is 74.2 Å². The molecule has 0 amide bonds. The van der Waals surface area contributed by atoms with Gasteiger partial charge in [0.15, 0.2) is 5.82 Å². The first-order chi connectivity index (χ1) is 9.96. The van der Waals surface area contributed by atoms with Gasteiger partial charge in [0.2, 0.25) is 5.89 Å². The lowest BCUT2D eigenvalue weighted by Gasteiger charge is -2.06. The van der Waals surface area contributed by atoms with Gasteiger partial charge in [-0.1, -0.05) is 35.5 Å². The molecule has 21 heavy (non-hydrogen) atoms. The summed E-state index contributed by atoms with van der Waals surface area (Å²) in [5, 5.41) is 3.67. The van der Waals surface area contributed by atoms with Gasteiger partial charge in [-0.2, -0.15) is 18.2 Å². The fourth-order valence-corrected chi connectivity index (χ4v) is 1.65. The molecule has 1 atom stereocenters. The van der Waals surface area contributed by atoms with E-state index in [2.05, 4.69) is 14.9 Å². The average molecular weight is 301 g/mol. The normalized spacial score (nSPS) is 13.3. The van der Waals surface area contributed by atoms with Crippen molar-refractivity contribution in [3.8, 4) is 0 Å². The number of aromatic nitrogens is 2. The van der Waals surface area contributed by atoms with Crippen LogP contribution in [-0.4, -0.2) is 29.5 Å². The number of nitrogens with two attached hydrogens (primary N) is 1. The predicted octanol–water partition coefficient (Wildman–Crippen LogP) is 2.24. The van der Waals surface area contributed by atoms with Gasteiger partial charge in [-0.05, 0) is 5.56 Å². The quantitative estimate of drug-likeness (QED) is 0.828. The van der Waals surface area contributed by atoms with Crippen molar-refractivity contribution in [1.29, 1.82) is 0 Å². The molecule has 1 aromatic carbocycles. The number of rotatable bonds is 6. The van der Waals surface area contributed by atoms with Crippen LogP contribution >= 0.6 is 0 Å². The maximum atomic E-state index is 11.9. The summed E-state index contributed by atoms with van der Waals surface area (Å²) in [6.07, 6.45) is -4.21. The van der Waals surface area contributed by atoms with Gasteiger partial charge in [-0.15, -0.1) is 0 Å². The van der Waals surface area contributed by atoms with Crippen LogP contribution in [0, 0.1) is 0 Å². The molecule has 1 aromatic heterocycles. The molecule has 0 aliphatic heterocycles. The number of hydrogen-bond donors (Lipinski definition) is 1. The predicted molar refractivity (Wildman–Crippen MR) is 67.3 cm³/mol. The van der Waals surface area contributed by atoms with E-state index in [0.29, 0.717) is 0 Å². The number of benzene rings is 1. The van der Waals surface area contributed by atoms with E-state index in [0.717, 1.165) is 5.56 Å². The molecule has 0 radical (unpaired) electrons. The Morgan fingerprint density at radius 3 is 2.62 bits per heavy atom. The van der Waals surface area contributed by atoms with Crippen LogP contribution in [0.25, 0.3) is 0 Å². The first kappa shape index (κ1) is 15.5. The van der Waals surface area contributed by atoms with E-state index in [9.17, 15) is 13.2 Å². The van der Waals surface area contributed by atoms with E-state index in [-0.39, 0.29) is 24.7 Å². The summed E-state index contributed by atoms with van der Waals surface area (Å²) in [4.78, 5) is 4.06. The van der Waals surface area contributed by atoms with E-state index in [1.165, 1.54) is 0 Å². The van der Waals surface area contributed by atoms with Crippen molar-refractivity contribution in [2.24, 2.45) is 5.73 Å². The van der Waals surface area contributed by atoms with E-state index < -0.39 is 18.8 Å². The van der Waals surface area contributed by atoms with Crippen LogP contribution in [0.5, 0.6) is 0 Å². The van der Waals surface area contributed by atoms with Crippen molar-refractivity contribution in [1.82, 2.24) is 10.1 Å². The van der Waals surface area contributed by atoms with Gasteiger partial charge >= 0.3 is 6.18 Å². The molecule has 0 bridgehead atoms. The molecule has 1 heterocycles. The highest BCUT2D eigenvalue weighted by atomic mass is 19.4. The second-order valence-electron chi connectivity index (χ2n) is 4.35. The van der Waals surface area contributed by atoms with E-state index in [4.69, 9.17) is 10.3 Å². The van der Waals surface area contributed by atoms with Crippen molar-refractivity contribution >= 4 is 0 Å². The zero-order valence-corrected chi connectivity index (χ0v) is 11.0. The van der Waals surface area contributed by atoms with Gasteiger partial charge in [-0.3, -0.25) is 0 Å². The minimum absolute atomic E-state index is 0.126. The largest absolute Gasteiger partial charge is 0.411 e. The number of halogens is 3. The summed E-state index contributed by atoms with van der Waals surface area (Å²) in [5.41, 5.74) is 6.77. The number of nitrogens with zero attached hydrogens (tertiary/aromatic N) is 2. The number of ether oxygens (including phenoxy) is 1. The summed E-state index contributed by atoms with van der Waals surface area (Å²) >= 11 is 0. The van der Waals surface area contributed by atoms with Gasteiger partial charge < -0.3 is 15.0 Å². The molecule has 114 valence electrons. The Hall–Kier alpha value is -1.93. The molecular formula is C13H14F3N3O2. The van der Waals surface area contributed by atoms with Gasteiger partial charge in [0.1, 0.15) is 12.6 Å². The molecule has 0 aliphatic carbocycles. The van der Waals surface area contributed by atoms with Crippen molar-refractivity contribution in [2.75, 3.05) is 13.2 Å². The zero-order valence-electron chi connectivity index (χ0n) is 11.0. The second kappa shape index (κ2) is 6.68. The fourth-order valence-electron chi connectivity index (χ4n) is 1.65. The molecular weight excluding hydrogens is 287 g/mol. The van der Waals surface area contributed by atoms with Crippen molar-refractivity contribution in [2.45, 2.75) is 18.6 Å². The lowest BCUT2D eigenvalue weighted by molar-refractivity contribution is -0.173. The SMILES string of the molecule is N[C@H](c1ccccc1)c1nc(CCOCC(F)(F)F)no1. The van der Waals surface area contributed by atoms with Crippen LogP contribution in [0.2, 0.25) is 0 Å². The Morgan fingerprint density at radius 1 is 1.24 bits per heavy atom. The molecule has 5 nitrogen and oxygen atoms in total. The summed E-state index contributed by atoms with van der Waals surface area (Å²) < 4.78 is 45.2. The minimum atomic E-state index is -4.34. The smallest absolute Gasteiger partial charge is 0.372 e. The molecule has 8 heteroatoms. The Labute approximate surface area is 118 Å². The standard InChI is InChI=1S/C13H14F3N3O2/c14-13(15,16)8-20-7-6-10-18-12(21-19-10)11(17)9-4-2-1-3-5-9/h1-5,11H,6-8,17H2/t11-/m1/s1.